The molecular formula is C14H25N3O. The summed E-state index contributed by atoms with van der Waals surface area (Å²) in [6.45, 7) is 12.5. The number of carbonyl (C=O) groups excluding carboxylic acids is 1. The van der Waals surface area contributed by atoms with E-state index in [2.05, 4.69) is 36.7 Å². The van der Waals surface area contributed by atoms with Crippen molar-refractivity contribution < 1.29 is 4.79 Å². The molecular weight excluding hydrogens is 226 g/mol. The summed E-state index contributed by atoms with van der Waals surface area (Å²) in [7, 11) is 0. The second-order valence-corrected chi connectivity index (χ2v) is 5.49. The number of nitrogens with two attached hydrogens (primary N) is 1. The monoisotopic (exact) mass is 251 g/mol. The molecule has 3 N–H and O–H groups in total. The molecule has 0 bridgehead atoms. The zero-order valence-corrected chi connectivity index (χ0v) is 12.1. The van der Waals surface area contributed by atoms with Crippen molar-refractivity contribution in [3.8, 4) is 0 Å². The van der Waals surface area contributed by atoms with Crippen LogP contribution in [0.4, 0.5) is 0 Å². The fraction of sp³-hybridized carbons (Fsp3) is 0.643. The van der Waals surface area contributed by atoms with Gasteiger partial charge in [-0.1, -0.05) is 0 Å². The molecule has 1 heterocycles. The molecule has 0 saturated heterocycles. The third kappa shape index (κ3) is 3.13. The molecule has 4 nitrogen and oxygen atoms in total. The summed E-state index contributed by atoms with van der Waals surface area (Å²) in [6.07, 6.45) is 0. The number of nitrogens with one attached hydrogen (secondary N) is 1. The van der Waals surface area contributed by atoms with Crippen LogP contribution in [0.5, 0.6) is 0 Å². The Labute approximate surface area is 110 Å². The smallest absolute Gasteiger partial charge is 0.224 e. The Kier molecular flexibility index (Phi) is 4.57. The molecule has 1 amide bonds. The molecule has 4 heteroatoms. The molecule has 1 aromatic heterocycles. The molecule has 0 aliphatic heterocycles. The molecule has 102 valence electrons. The first kappa shape index (κ1) is 14.8. The molecule has 1 aromatic rings. The van der Waals surface area contributed by atoms with Crippen molar-refractivity contribution >= 4 is 5.91 Å². The SMILES string of the molecule is CCn1c(C)cc(CNCC(C)(C)C(N)=O)c1C. The molecule has 0 aliphatic rings. The van der Waals surface area contributed by atoms with Gasteiger partial charge in [-0.2, -0.15) is 0 Å². The molecule has 0 spiro atoms. The minimum Gasteiger partial charge on any atom is -0.369 e. The van der Waals surface area contributed by atoms with Crippen LogP contribution in [0.2, 0.25) is 0 Å². The lowest BCUT2D eigenvalue weighted by atomic mass is 9.93. The van der Waals surface area contributed by atoms with Gasteiger partial charge >= 0.3 is 0 Å². The van der Waals surface area contributed by atoms with Crippen molar-refractivity contribution in [2.75, 3.05) is 6.54 Å². The standard InChI is InChI=1S/C14H25N3O/c1-6-17-10(2)7-12(11(17)3)8-16-9-14(4,5)13(15)18/h7,16H,6,8-9H2,1-5H3,(H2,15,18). The van der Waals surface area contributed by atoms with Crippen molar-refractivity contribution in [2.45, 2.75) is 47.7 Å². The Hall–Kier alpha value is -1.29. The Bertz CT molecular complexity index is 432. The molecule has 0 radical (unpaired) electrons. The highest BCUT2D eigenvalue weighted by atomic mass is 16.1. The number of nitrogens with zero attached hydrogens (tertiary/aromatic N) is 1. The van der Waals surface area contributed by atoms with E-state index in [0.717, 1.165) is 13.1 Å². The minimum absolute atomic E-state index is 0.269. The second-order valence-electron chi connectivity index (χ2n) is 5.49. The first-order valence-corrected chi connectivity index (χ1v) is 6.45. The quantitative estimate of drug-likeness (QED) is 0.809. The summed E-state index contributed by atoms with van der Waals surface area (Å²) >= 11 is 0. The molecule has 0 atom stereocenters. The van der Waals surface area contributed by atoms with Crippen LogP contribution in [-0.4, -0.2) is 17.0 Å². The average molecular weight is 251 g/mol. The highest BCUT2D eigenvalue weighted by molar-refractivity contribution is 5.80. The first-order valence-electron chi connectivity index (χ1n) is 6.45. The Morgan fingerprint density at radius 2 is 2.06 bits per heavy atom. The van der Waals surface area contributed by atoms with Crippen LogP contribution in [0.1, 0.15) is 37.7 Å². The van der Waals surface area contributed by atoms with E-state index in [1.165, 1.54) is 17.0 Å². The Morgan fingerprint density at radius 3 is 2.50 bits per heavy atom. The predicted octanol–water partition coefficient (Wildman–Crippen LogP) is 1.73. The molecule has 0 aromatic carbocycles. The molecule has 0 aliphatic carbocycles. The number of carbonyl (C=O) groups is 1. The van der Waals surface area contributed by atoms with E-state index in [1.54, 1.807) is 0 Å². The van der Waals surface area contributed by atoms with Gasteiger partial charge in [-0.05, 0) is 46.2 Å². The molecule has 0 unspecified atom stereocenters. The molecule has 0 saturated carbocycles. The van der Waals surface area contributed by atoms with Crippen molar-refractivity contribution in [1.82, 2.24) is 9.88 Å². The fourth-order valence-corrected chi connectivity index (χ4v) is 2.13. The summed E-state index contributed by atoms with van der Waals surface area (Å²) in [6, 6.07) is 2.20. The van der Waals surface area contributed by atoms with Gasteiger partial charge in [0.15, 0.2) is 0 Å². The average Bonchev–Trinajstić information content (AvgIpc) is 2.53. The molecule has 1 rings (SSSR count). The lowest BCUT2D eigenvalue weighted by Crippen LogP contribution is -2.40. The Balaban J connectivity index is 2.63. The summed E-state index contributed by atoms with van der Waals surface area (Å²) in [5, 5.41) is 3.31. The lowest BCUT2D eigenvalue weighted by molar-refractivity contribution is -0.125. The van der Waals surface area contributed by atoms with Gasteiger partial charge in [0, 0.05) is 31.0 Å². The van der Waals surface area contributed by atoms with E-state index in [9.17, 15) is 4.79 Å². The van der Waals surface area contributed by atoms with Crippen LogP contribution in [-0.2, 0) is 17.9 Å². The summed E-state index contributed by atoms with van der Waals surface area (Å²) < 4.78 is 2.29. The summed E-state index contributed by atoms with van der Waals surface area (Å²) in [5.74, 6) is -0.269. The van der Waals surface area contributed by atoms with Crippen molar-refractivity contribution in [3.05, 3.63) is 23.0 Å². The van der Waals surface area contributed by atoms with Gasteiger partial charge < -0.3 is 15.6 Å². The highest BCUT2D eigenvalue weighted by Crippen LogP contribution is 2.16. The zero-order chi connectivity index (χ0) is 13.9. The van der Waals surface area contributed by atoms with E-state index in [1.807, 2.05) is 13.8 Å². The largest absolute Gasteiger partial charge is 0.369 e. The van der Waals surface area contributed by atoms with Gasteiger partial charge in [0.05, 0.1) is 5.41 Å². The van der Waals surface area contributed by atoms with Crippen LogP contribution < -0.4 is 11.1 Å². The lowest BCUT2D eigenvalue weighted by Gasteiger charge is -2.20. The number of aryl methyl sites for hydroxylation is 1. The van der Waals surface area contributed by atoms with Gasteiger partial charge in [-0.3, -0.25) is 4.79 Å². The zero-order valence-electron chi connectivity index (χ0n) is 12.1. The van der Waals surface area contributed by atoms with Crippen LogP contribution in [0.25, 0.3) is 0 Å². The molecule has 18 heavy (non-hydrogen) atoms. The summed E-state index contributed by atoms with van der Waals surface area (Å²) in [5.41, 5.74) is 8.70. The first-order chi connectivity index (χ1) is 8.29. The van der Waals surface area contributed by atoms with Crippen LogP contribution in [0, 0.1) is 19.3 Å². The third-order valence-corrected chi connectivity index (χ3v) is 3.54. The number of aromatic nitrogens is 1. The fourth-order valence-electron chi connectivity index (χ4n) is 2.13. The van der Waals surface area contributed by atoms with Crippen LogP contribution in [0.15, 0.2) is 6.07 Å². The van der Waals surface area contributed by atoms with E-state index in [4.69, 9.17) is 5.73 Å². The number of rotatable bonds is 6. The second kappa shape index (κ2) is 5.57. The maximum absolute atomic E-state index is 11.2. The normalized spacial score (nSPS) is 11.8. The van der Waals surface area contributed by atoms with Gasteiger partial charge in [-0.15, -0.1) is 0 Å². The van der Waals surface area contributed by atoms with Crippen molar-refractivity contribution in [1.29, 1.82) is 0 Å². The third-order valence-electron chi connectivity index (χ3n) is 3.54. The van der Waals surface area contributed by atoms with E-state index in [0.29, 0.717) is 6.54 Å². The van der Waals surface area contributed by atoms with E-state index in [-0.39, 0.29) is 5.91 Å². The van der Waals surface area contributed by atoms with Crippen LogP contribution >= 0.6 is 0 Å². The van der Waals surface area contributed by atoms with Gasteiger partial charge in [0.1, 0.15) is 0 Å². The minimum atomic E-state index is -0.504. The van der Waals surface area contributed by atoms with Gasteiger partial charge in [0.25, 0.3) is 0 Å². The van der Waals surface area contributed by atoms with Crippen LogP contribution in [0.3, 0.4) is 0 Å². The number of primary amides is 1. The van der Waals surface area contributed by atoms with E-state index >= 15 is 0 Å². The number of hydrogen-bond donors (Lipinski definition) is 2. The Morgan fingerprint density at radius 1 is 1.44 bits per heavy atom. The van der Waals surface area contributed by atoms with Crippen molar-refractivity contribution in [3.63, 3.8) is 0 Å². The number of amides is 1. The van der Waals surface area contributed by atoms with E-state index < -0.39 is 5.41 Å². The highest BCUT2D eigenvalue weighted by Gasteiger charge is 2.24. The molecule has 0 fully saturated rings. The maximum Gasteiger partial charge on any atom is 0.224 e. The van der Waals surface area contributed by atoms with Gasteiger partial charge in [-0.25, -0.2) is 0 Å². The topological polar surface area (TPSA) is 60.1 Å². The maximum atomic E-state index is 11.2. The summed E-state index contributed by atoms with van der Waals surface area (Å²) in [4.78, 5) is 11.2. The van der Waals surface area contributed by atoms with Gasteiger partial charge in [0.2, 0.25) is 5.91 Å². The van der Waals surface area contributed by atoms with Crippen molar-refractivity contribution in [2.24, 2.45) is 11.1 Å². The number of hydrogen-bond acceptors (Lipinski definition) is 2. The predicted molar refractivity (Wildman–Crippen MR) is 74.3 cm³/mol.